The van der Waals surface area contributed by atoms with Crippen molar-refractivity contribution in [1.29, 1.82) is 0 Å². The van der Waals surface area contributed by atoms with Crippen molar-refractivity contribution in [3.05, 3.63) is 36.2 Å². The van der Waals surface area contributed by atoms with Crippen LogP contribution in [0.25, 0.3) is 11.0 Å². The van der Waals surface area contributed by atoms with E-state index in [4.69, 9.17) is 9.47 Å². The molecule has 2 unspecified atom stereocenters. The molecule has 2 aromatic rings. The summed E-state index contributed by atoms with van der Waals surface area (Å²) in [6.07, 6.45) is 3.61. The summed E-state index contributed by atoms with van der Waals surface area (Å²) >= 11 is 0. The van der Waals surface area contributed by atoms with Gasteiger partial charge in [0, 0.05) is 12.4 Å². The first-order valence-electron chi connectivity index (χ1n) is 7.68. The molecule has 0 amide bonds. The van der Waals surface area contributed by atoms with Crippen molar-refractivity contribution in [2.75, 3.05) is 13.2 Å². The molecular weight excluding hydrogens is 296 g/mol. The number of hydrogen-bond donors (Lipinski definition) is 0. The zero-order valence-electron chi connectivity index (χ0n) is 13.1. The van der Waals surface area contributed by atoms with Crippen LogP contribution in [0.15, 0.2) is 30.6 Å². The van der Waals surface area contributed by atoms with Gasteiger partial charge in [0.25, 0.3) is 0 Å². The van der Waals surface area contributed by atoms with E-state index < -0.39 is 11.3 Å². The lowest BCUT2D eigenvalue weighted by atomic mass is 9.92. The van der Waals surface area contributed by atoms with Gasteiger partial charge in [-0.05, 0) is 38.0 Å². The highest BCUT2D eigenvalue weighted by molar-refractivity contribution is 5.97. The van der Waals surface area contributed by atoms with Crippen LogP contribution in [-0.4, -0.2) is 35.1 Å². The van der Waals surface area contributed by atoms with Crippen molar-refractivity contribution in [1.82, 2.24) is 9.97 Å². The van der Waals surface area contributed by atoms with E-state index in [0.29, 0.717) is 11.9 Å². The summed E-state index contributed by atoms with van der Waals surface area (Å²) in [4.78, 5) is 33.1. The highest BCUT2D eigenvalue weighted by Crippen LogP contribution is 2.56. The summed E-state index contributed by atoms with van der Waals surface area (Å²) in [6.45, 7) is 4.05. The average Bonchev–Trinajstić information content (AvgIpc) is 3.32. The number of esters is 2. The Labute approximate surface area is 133 Å². The van der Waals surface area contributed by atoms with E-state index in [2.05, 4.69) is 9.97 Å². The molecule has 0 bridgehead atoms. The van der Waals surface area contributed by atoms with Crippen LogP contribution in [0.2, 0.25) is 0 Å². The molecule has 1 heterocycles. The van der Waals surface area contributed by atoms with Crippen molar-refractivity contribution in [3.63, 3.8) is 0 Å². The van der Waals surface area contributed by atoms with Gasteiger partial charge in [-0.15, -0.1) is 0 Å². The minimum atomic E-state index is -0.964. The maximum Gasteiger partial charge on any atom is 0.317 e. The van der Waals surface area contributed by atoms with Gasteiger partial charge in [0.1, 0.15) is 5.41 Å². The molecule has 0 saturated heterocycles. The highest BCUT2D eigenvalue weighted by Gasteiger charge is 2.66. The quantitative estimate of drug-likeness (QED) is 0.786. The second-order valence-corrected chi connectivity index (χ2v) is 5.46. The normalized spacial score (nSPS) is 22.6. The number of ether oxygens (including phenoxy) is 2. The second kappa shape index (κ2) is 5.95. The molecule has 23 heavy (non-hydrogen) atoms. The van der Waals surface area contributed by atoms with Crippen LogP contribution < -0.4 is 0 Å². The van der Waals surface area contributed by atoms with Crippen LogP contribution in [0.1, 0.15) is 25.8 Å². The molecule has 1 aromatic carbocycles. The van der Waals surface area contributed by atoms with Crippen molar-refractivity contribution < 1.29 is 19.1 Å². The molecule has 0 aliphatic heterocycles. The predicted octanol–water partition coefficient (Wildman–Crippen LogP) is 2.01. The lowest BCUT2D eigenvalue weighted by Gasteiger charge is -2.16. The zero-order valence-corrected chi connectivity index (χ0v) is 13.1. The molecule has 1 saturated carbocycles. The largest absolute Gasteiger partial charge is 0.466 e. The van der Waals surface area contributed by atoms with Crippen LogP contribution >= 0.6 is 0 Å². The summed E-state index contributed by atoms with van der Waals surface area (Å²) in [5, 5.41) is 0. The molecule has 1 fully saturated rings. The van der Waals surface area contributed by atoms with Gasteiger partial charge < -0.3 is 9.47 Å². The number of carbonyl (C=O) groups excluding carboxylic acids is 2. The SMILES string of the molecule is CCOC(=O)C1CC1(C(=O)OCC)c1ccc2nccnc2c1. The number of benzene rings is 1. The van der Waals surface area contributed by atoms with Gasteiger partial charge in [0.2, 0.25) is 0 Å². The number of carbonyl (C=O) groups is 2. The van der Waals surface area contributed by atoms with Crippen LogP contribution in [-0.2, 0) is 24.5 Å². The Balaban J connectivity index is 2.01. The summed E-state index contributed by atoms with van der Waals surface area (Å²) < 4.78 is 10.3. The fourth-order valence-corrected chi connectivity index (χ4v) is 2.95. The molecule has 3 rings (SSSR count). The molecule has 0 radical (unpaired) electrons. The first-order valence-corrected chi connectivity index (χ1v) is 7.68. The van der Waals surface area contributed by atoms with Gasteiger partial charge in [0.05, 0.1) is 30.2 Å². The van der Waals surface area contributed by atoms with Gasteiger partial charge in [-0.3, -0.25) is 19.6 Å². The van der Waals surface area contributed by atoms with Crippen molar-refractivity contribution in [3.8, 4) is 0 Å². The Morgan fingerprint density at radius 1 is 1.13 bits per heavy atom. The maximum atomic E-state index is 12.5. The standard InChI is InChI=1S/C17H18N2O4/c1-3-22-15(20)12-10-17(12,16(21)23-4-2)11-5-6-13-14(9-11)19-8-7-18-13/h5-9,12H,3-4,10H2,1-2H3. The van der Waals surface area contributed by atoms with E-state index in [1.807, 2.05) is 6.07 Å². The molecule has 1 aromatic heterocycles. The minimum absolute atomic E-state index is 0.267. The van der Waals surface area contributed by atoms with Gasteiger partial charge in [-0.25, -0.2) is 0 Å². The van der Waals surface area contributed by atoms with E-state index in [1.54, 1.807) is 38.4 Å². The Kier molecular flexibility index (Phi) is 3.98. The van der Waals surface area contributed by atoms with E-state index in [-0.39, 0.29) is 25.2 Å². The number of fused-ring (bicyclic) bond motifs is 1. The smallest absolute Gasteiger partial charge is 0.317 e. The molecule has 1 aliphatic rings. The molecule has 6 nitrogen and oxygen atoms in total. The van der Waals surface area contributed by atoms with E-state index in [9.17, 15) is 9.59 Å². The maximum absolute atomic E-state index is 12.5. The second-order valence-electron chi connectivity index (χ2n) is 5.46. The van der Waals surface area contributed by atoms with Crippen molar-refractivity contribution in [2.45, 2.75) is 25.7 Å². The van der Waals surface area contributed by atoms with Gasteiger partial charge in [-0.2, -0.15) is 0 Å². The van der Waals surface area contributed by atoms with E-state index in [0.717, 1.165) is 11.1 Å². The monoisotopic (exact) mass is 314 g/mol. The van der Waals surface area contributed by atoms with Crippen LogP contribution in [0, 0.1) is 5.92 Å². The van der Waals surface area contributed by atoms with Gasteiger partial charge in [0.15, 0.2) is 0 Å². The lowest BCUT2D eigenvalue weighted by Crippen LogP contribution is -2.28. The fourth-order valence-electron chi connectivity index (χ4n) is 2.95. The summed E-state index contributed by atoms with van der Waals surface area (Å²) in [5.74, 6) is -1.25. The number of aromatic nitrogens is 2. The minimum Gasteiger partial charge on any atom is -0.466 e. The van der Waals surface area contributed by atoms with Crippen LogP contribution in [0.3, 0.4) is 0 Å². The third kappa shape index (κ3) is 2.54. The van der Waals surface area contributed by atoms with Gasteiger partial charge in [-0.1, -0.05) is 6.07 Å². The molecule has 0 spiro atoms. The Hall–Kier alpha value is -2.50. The van der Waals surface area contributed by atoms with E-state index >= 15 is 0 Å². The molecule has 6 heteroatoms. The first-order chi connectivity index (χ1) is 11.1. The number of rotatable bonds is 5. The summed E-state index contributed by atoms with van der Waals surface area (Å²) in [5.41, 5.74) is 1.18. The average molecular weight is 314 g/mol. The lowest BCUT2D eigenvalue weighted by molar-refractivity contribution is -0.152. The molecule has 120 valence electrons. The topological polar surface area (TPSA) is 78.4 Å². The molecular formula is C17H18N2O4. The molecule has 2 atom stereocenters. The predicted molar refractivity (Wildman–Crippen MR) is 82.6 cm³/mol. The Bertz CT molecular complexity index is 761. The van der Waals surface area contributed by atoms with E-state index in [1.165, 1.54) is 0 Å². The molecule has 1 aliphatic carbocycles. The van der Waals surface area contributed by atoms with Crippen molar-refractivity contribution in [2.24, 2.45) is 5.92 Å². The summed E-state index contributed by atoms with van der Waals surface area (Å²) in [6, 6.07) is 5.42. The highest BCUT2D eigenvalue weighted by atomic mass is 16.5. The van der Waals surface area contributed by atoms with Crippen molar-refractivity contribution >= 4 is 23.0 Å². The van der Waals surface area contributed by atoms with Crippen LogP contribution in [0.5, 0.6) is 0 Å². The number of nitrogens with zero attached hydrogens (tertiary/aromatic N) is 2. The fraction of sp³-hybridized carbons (Fsp3) is 0.412. The Morgan fingerprint density at radius 3 is 2.52 bits per heavy atom. The zero-order chi connectivity index (χ0) is 16.4. The van der Waals surface area contributed by atoms with Crippen LogP contribution in [0.4, 0.5) is 0 Å². The number of hydrogen-bond acceptors (Lipinski definition) is 6. The Morgan fingerprint density at radius 2 is 1.83 bits per heavy atom. The third-order valence-electron chi connectivity index (χ3n) is 4.16. The molecule has 0 N–H and O–H groups in total. The van der Waals surface area contributed by atoms with Gasteiger partial charge >= 0.3 is 11.9 Å². The third-order valence-corrected chi connectivity index (χ3v) is 4.16. The first kappa shape index (κ1) is 15.4. The summed E-state index contributed by atoms with van der Waals surface area (Å²) in [7, 11) is 0.